The van der Waals surface area contributed by atoms with Crippen LogP contribution in [0.5, 0.6) is 0 Å². The Hall–Kier alpha value is -1.79. The molecule has 0 bridgehead atoms. The Balaban J connectivity index is 1.92. The summed E-state index contributed by atoms with van der Waals surface area (Å²) >= 11 is 7.17. The van der Waals surface area contributed by atoms with Crippen molar-refractivity contribution in [3.05, 3.63) is 52.6 Å². The van der Waals surface area contributed by atoms with Crippen LogP contribution in [0.25, 0.3) is 11.0 Å². The first kappa shape index (κ1) is 13.2. The Bertz CT molecular complexity index is 775. The number of halogens is 3. The topological polar surface area (TPSA) is 37.8 Å². The Morgan fingerprint density at radius 1 is 1.15 bits per heavy atom. The van der Waals surface area contributed by atoms with Crippen molar-refractivity contribution in [2.24, 2.45) is 0 Å². The van der Waals surface area contributed by atoms with Crippen molar-refractivity contribution in [2.75, 3.05) is 5.32 Å². The highest BCUT2D eigenvalue weighted by atomic mass is 35.5. The molecule has 102 valence electrons. The largest absolute Gasteiger partial charge is 0.378 e. The van der Waals surface area contributed by atoms with Gasteiger partial charge in [0.2, 0.25) is 0 Å². The third kappa shape index (κ3) is 2.32. The monoisotopic (exact) mass is 311 g/mol. The molecule has 2 aromatic carbocycles. The fourth-order valence-corrected chi connectivity index (χ4v) is 2.63. The fourth-order valence-electron chi connectivity index (χ4n) is 1.86. The highest BCUT2D eigenvalue weighted by Crippen LogP contribution is 2.30. The van der Waals surface area contributed by atoms with Gasteiger partial charge >= 0.3 is 0 Å². The lowest BCUT2D eigenvalue weighted by atomic mass is 10.2. The molecule has 0 saturated heterocycles. The van der Waals surface area contributed by atoms with Crippen LogP contribution < -0.4 is 5.32 Å². The van der Waals surface area contributed by atoms with Gasteiger partial charge in [-0.2, -0.15) is 8.75 Å². The second kappa shape index (κ2) is 5.30. The average Bonchev–Trinajstić information content (AvgIpc) is 2.90. The highest BCUT2D eigenvalue weighted by molar-refractivity contribution is 7.00. The fraction of sp³-hybridized carbons (Fsp3) is 0.0769. The number of aromatic nitrogens is 2. The maximum atomic E-state index is 13.6. The van der Waals surface area contributed by atoms with E-state index in [-0.39, 0.29) is 12.1 Å². The lowest BCUT2D eigenvalue weighted by Crippen LogP contribution is -2.04. The molecule has 0 spiro atoms. The predicted molar refractivity (Wildman–Crippen MR) is 76.1 cm³/mol. The second-order valence-corrected chi connectivity index (χ2v) is 5.06. The van der Waals surface area contributed by atoms with Crippen molar-refractivity contribution < 1.29 is 8.78 Å². The van der Waals surface area contributed by atoms with Crippen molar-refractivity contribution >= 4 is 40.0 Å². The van der Waals surface area contributed by atoms with E-state index in [2.05, 4.69) is 14.1 Å². The number of nitrogens with zero attached hydrogens (tertiary/aromatic N) is 2. The minimum atomic E-state index is -0.871. The maximum absolute atomic E-state index is 13.6. The Morgan fingerprint density at radius 3 is 2.85 bits per heavy atom. The number of fused-ring (bicyclic) bond motifs is 1. The van der Waals surface area contributed by atoms with Crippen molar-refractivity contribution in [3.63, 3.8) is 0 Å². The molecule has 0 aliphatic carbocycles. The van der Waals surface area contributed by atoms with Crippen LogP contribution in [0.1, 0.15) is 5.56 Å². The van der Waals surface area contributed by atoms with E-state index in [1.54, 1.807) is 12.1 Å². The summed E-state index contributed by atoms with van der Waals surface area (Å²) in [5.41, 5.74) is 2.13. The van der Waals surface area contributed by atoms with E-state index < -0.39 is 11.6 Å². The average molecular weight is 312 g/mol. The second-order valence-electron chi connectivity index (χ2n) is 4.12. The van der Waals surface area contributed by atoms with Gasteiger partial charge in [0.05, 0.1) is 22.4 Å². The van der Waals surface area contributed by atoms with Crippen LogP contribution >= 0.6 is 23.3 Å². The highest BCUT2D eigenvalue weighted by Gasteiger charge is 2.12. The molecule has 1 aromatic heterocycles. The van der Waals surface area contributed by atoms with Gasteiger partial charge in [-0.1, -0.05) is 23.7 Å². The summed E-state index contributed by atoms with van der Waals surface area (Å²) in [5, 5.41) is 3.45. The van der Waals surface area contributed by atoms with Gasteiger partial charge in [0, 0.05) is 12.1 Å². The summed E-state index contributed by atoms with van der Waals surface area (Å²) in [5.74, 6) is -1.73. The van der Waals surface area contributed by atoms with E-state index in [0.717, 1.165) is 17.8 Å². The normalized spacial score (nSPS) is 10.9. The minimum absolute atomic E-state index is 0.111. The van der Waals surface area contributed by atoms with Crippen LogP contribution in [0.4, 0.5) is 14.5 Å². The molecule has 1 heterocycles. The van der Waals surface area contributed by atoms with E-state index in [1.165, 1.54) is 12.1 Å². The number of anilines is 1. The predicted octanol–water partition coefficient (Wildman–Crippen LogP) is 4.24. The van der Waals surface area contributed by atoms with Crippen LogP contribution in [0.3, 0.4) is 0 Å². The summed E-state index contributed by atoms with van der Waals surface area (Å²) in [7, 11) is 0. The van der Waals surface area contributed by atoms with Crippen LogP contribution in [0, 0.1) is 11.6 Å². The van der Waals surface area contributed by atoms with Crippen LogP contribution in [0.15, 0.2) is 30.3 Å². The molecule has 0 aliphatic rings. The molecule has 7 heteroatoms. The van der Waals surface area contributed by atoms with E-state index in [9.17, 15) is 8.78 Å². The van der Waals surface area contributed by atoms with Gasteiger partial charge in [0.1, 0.15) is 11.0 Å². The zero-order valence-electron chi connectivity index (χ0n) is 10.0. The lowest BCUT2D eigenvalue weighted by molar-refractivity contribution is 0.500. The Labute approximate surface area is 122 Å². The number of hydrogen-bond acceptors (Lipinski definition) is 4. The van der Waals surface area contributed by atoms with E-state index in [0.29, 0.717) is 21.7 Å². The molecule has 0 saturated carbocycles. The first-order valence-corrected chi connectivity index (χ1v) is 6.85. The molecule has 0 radical (unpaired) electrons. The Morgan fingerprint density at radius 2 is 2.00 bits per heavy atom. The summed E-state index contributed by atoms with van der Waals surface area (Å²) in [6.45, 7) is 0.111. The standard InChI is InChI=1S/C13H8ClF2N3S/c14-8-4-5-10-13(19-20-18-10)12(8)17-6-7-2-1-3-9(15)11(7)16/h1-5,17H,6H2. The van der Waals surface area contributed by atoms with Crippen LogP contribution in [-0.4, -0.2) is 8.75 Å². The van der Waals surface area contributed by atoms with Gasteiger partial charge in [0.15, 0.2) is 11.6 Å². The first-order valence-electron chi connectivity index (χ1n) is 5.74. The summed E-state index contributed by atoms with van der Waals surface area (Å²) in [4.78, 5) is 0. The van der Waals surface area contributed by atoms with E-state index in [4.69, 9.17) is 11.6 Å². The zero-order chi connectivity index (χ0) is 14.1. The first-order chi connectivity index (χ1) is 9.66. The number of nitrogens with one attached hydrogen (secondary N) is 1. The van der Waals surface area contributed by atoms with Gasteiger partial charge < -0.3 is 5.32 Å². The molecular weight excluding hydrogens is 304 g/mol. The molecule has 3 nitrogen and oxygen atoms in total. The lowest BCUT2D eigenvalue weighted by Gasteiger charge is -2.09. The number of rotatable bonds is 3. The summed E-state index contributed by atoms with van der Waals surface area (Å²) in [6, 6.07) is 7.50. The molecule has 3 rings (SSSR count). The maximum Gasteiger partial charge on any atom is 0.163 e. The van der Waals surface area contributed by atoms with Crippen molar-refractivity contribution in [2.45, 2.75) is 6.54 Å². The van der Waals surface area contributed by atoms with Gasteiger partial charge in [-0.3, -0.25) is 0 Å². The van der Waals surface area contributed by atoms with Crippen molar-refractivity contribution in [1.82, 2.24) is 8.75 Å². The van der Waals surface area contributed by atoms with E-state index >= 15 is 0 Å². The molecule has 0 amide bonds. The SMILES string of the molecule is Fc1cccc(CNc2c(Cl)ccc3nsnc23)c1F. The smallest absolute Gasteiger partial charge is 0.163 e. The molecule has 0 unspecified atom stereocenters. The summed E-state index contributed by atoms with van der Waals surface area (Å²) < 4.78 is 35.0. The van der Waals surface area contributed by atoms with E-state index in [1.807, 2.05) is 0 Å². The van der Waals surface area contributed by atoms with Gasteiger partial charge in [-0.25, -0.2) is 8.78 Å². The van der Waals surface area contributed by atoms with Gasteiger partial charge in [-0.05, 0) is 18.2 Å². The van der Waals surface area contributed by atoms with Crippen molar-refractivity contribution in [3.8, 4) is 0 Å². The quantitative estimate of drug-likeness (QED) is 0.786. The number of hydrogen-bond donors (Lipinski definition) is 1. The molecule has 0 fully saturated rings. The molecule has 20 heavy (non-hydrogen) atoms. The minimum Gasteiger partial charge on any atom is -0.378 e. The summed E-state index contributed by atoms with van der Waals surface area (Å²) in [6.07, 6.45) is 0. The van der Waals surface area contributed by atoms with Crippen LogP contribution in [0.2, 0.25) is 5.02 Å². The zero-order valence-corrected chi connectivity index (χ0v) is 11.6. The Kier molecular flexibility index (Phi) is 3.50. The number of benzene rings is 2. The molecule has 3 aromatic rings. The molecule has 0 atom stereocenters. The van der Waals surface area contributed by atoms with Gasteiger partial charge in [0.25, 0.3) is 0 Å². The molecule has 1 N–H and O–H groups in total. The van der Waals surface area contributed by atoms with Gasteiger partial charge in [-0.15, -0.1) is 0 Å². The third-order valence-corrected chi connectivity index (χ3v) is 3.72. The third-order valence-electron chi connectivity index (χ3n) is 2.86. The van der Waals surface area contributed by atoms with Crippen molar-refractivity contribution in [1.29, 1.82) is 0 Å². The molecule has 0 aliphatic heterocycles. The van der Waals surface area contributed by atoms with Crippen LogP contribution in [-0.2, 0) is 6.54 Å². The molecular formula is C13H8ClF2N3S.